The van der Waals surface area contributed by atoms with Crippen LogP contribution in [0.2, 0.25) is 0 Å². The SMILES string of the molecule is CC1NCCC1CN1CCN(c2ccccc2)CC1. The molecular weight excluding hydrogens is 234 g/mol. The molecular formula is C16H25N3. The van der Waals surface area contributed by atoms with Gasteiger partial charge in [-0.05, 0) is 37.9 Å². The van der Waals surface area contributed by atoms with Gasteiger partial charge in [-0.2, -0.15) is 0 Å². The zero-order valence-electron chi connectivity index (χ0n) is 11.9. The molecule has 3 rings (SSSR count). The van der Waals surface area contributed by atoms with Crippen LogP contribution in [0, 0.1) is 5.92 Å². The first-order valence-electron chi connectivity index (χ1n) is 7.58. The van der Waals surface area contributed by atoms with Crippen molar-refractivity contribution in [1.29, 1.82) is 0 Å². The van der Waals surface area contributed by atoms with Crippen molar-refractivity contribution in [3.63, 3.8) is 0 Å². The Morgan fingerprint density at radius 1 is 1.11 bits per heavy atom. The first-order valence-corrected chi connectivity index (χ1v) is 7.58. The molecule has 0 amide bonds. The topological polar surface area (TPSA) is 18.5 Å². The number of nitrogens with one attached hydrogen (secondary N) is 1. The molecule has 1 N–H and O–H groups in total. The molecule has 3 heteroatoms. The van der Waals surface area contributed by atoms with Crippen molar-refractivity contribution in [2.75, 3.05) is 44.2 Å². The Bertz CT molecular complexity index is 384. The van der Waals surface area contributed by atoms with Crippen molar-refractivity contribution in [3.05, 3.63) is 30.3 Å². The molecule has 2 aliphatic rings. The molecule has 2 unspecified atom stereocenters. The number of piperazine rings is 1. The van der Waals surface area contributed by atoms with Crippen LogP contribution in [0.15, 0.2) is 30.3 Å². The summed E-state index contributed by atoms with van der Waals surface area (Å²) < 4.78 is 0. The van der Waals surface area contributed by atoms with E-state index >= 15 is 0 Å². The number of anilines is 1. The summed E-state index contributed by atoms with van der Waals surface area (Å²) in [5.41, 5.74) is 1.37. The highest BCUT2D eigenvalue weighted by Crippen LogP contribution is 2.19. The van der Waals surface area contributed by atoms with Crippen LogP contribution in [0.25, 0.3) is 0 Å². The molecule has 0 aliphatic carbocycles. The van der Waals surface area contributed by atoms with E-state index in [4.69, 9.17) is 0 Å². The Labute approximate surface area is 116 Å². The lowest BCUT2D eigenvalue weighted by molar-refractivity contribution is 0.212. The number of hydrogen-bond donors (Lipinski definition) is 1. The third kappa shape index (κ3) is 3.10. The molecule has 2 saturated heterocycles. The van der Waals surface area contributed by atoms with Crippen molar-refractivity contribution >= 4 is 5.69 Å². The Kier molecular flexibility index (Phi) is 4.04. The molecule has 1 aromatic rings. The normalized spacial score (nSPS) is 28.8. The molecule has 2 fully saturated rings. The van der Waals surface area contributed by atoms with Crippen molar-refractivity contribution in [3.8, 4) is 0 Å². The molecule has 2 atom stereocenters. The minimum absolute atomic E-state index is 0.701. The van der Waals surface area contributed by atoms with E-state index in [9.17, 15) is 0 Å². The Balaban J connectivity index is 1.49. The molecule has 0 aromatic heterocycles. The quantitative estimate of drug-likeness (QED) is 0.893. The van der Waals surface area contributed by atoms with E-state index in [1.807, 2.05) is 0 Å². The summed E-state index contributed by atoms with van der Waals surface area (Å²) in [6.45, 7) is 9.55. The van der Waals surface area contributed by atoms with Crippen molar-refractivity contribution < 1.29 is 0 Å². The molecule has 0 saturated carbocycles. The van der Waals surface area contributed by atoms with E-state index in [1.54, 1.807) is 0 Å². The summed E-state index contributed by atoms with van der Waals surface area (Å²) in [5.74, 6) is 0.850. The van der Waals surface area contributed by atoms with E-state index in [1.165, 1.54) is 51.4 Å². The summed E-state index contributed by atoms with van der Waals surface area (Å²) in [4.78, 5) is 5.15. The van der Waals surface area contributed by atoms with Gasteiger partial charge in [0.25, 0.3) is 0 Å². The minimum Gasteiger partial charge on any atom is -0.369 e. The standard InChI is InChI=1S/C16H25N3/c1-14-15(7-8-17-14)13-18-9-11-19(12-10-18)16-5-3-2-4-6-16/h2-6,14-15,17H,7-13H2,1H3. The van der Waals surface area contributed by atoms with E-state index < -0.39 is 0 Å². The summed E-state index contributed by atoms with van der Waals surface area (Å²) in [7, 11) is 0. The average Bonchev–Trinajstić information content (AvgIpc) is 2.86. The predicted octanol–water partition coefficient (Wildman–Crippen LogP) is 1.81. The van der Waals surface area contributed by atoms with Gasteiger partial charge in [0.2, 0.25) is 0 Å². The van der Waals surface area contributed by atoms with Gasteiger partial charge in [-0.15, -0.1) is 0 Å². The van der Waals surface area contributed by atoms with E-state index in [2.05, 4.69) is 52.4 Å². The van der Waals surface area contributed by atoms with Gasteiger partial charge in [-0.3, -0.25) is 4.90 Å². The molecule has 3 nitrogen and oxygen atoms in total. The van der Waals surface area contributed by atoms with Crippen LogP contribution < -0.4 is 10.2 Å². The smallest absolute Gasteiger partial charge is 0.0367 e. The van der Waals surface area contributed by atoms with Gasteiger partial charge in [-0.1, -0.05) is 18.2 Å². The molecule has 0 bridgehead atoms. The van der Waals surface area contributed by atoms with Gasteiger partial charge >= 0.3 is 0 Å². The highest BCUT2D eigenvalue weighted by atomic mass is 15.3. The van der Waals surface area contributed by atoms with Crippen molar-refractivity contribution in [2.24, 2.45) is 5.92 Å². The lowest BCUT2D eigenvalue weighted by Crippen LogP contribution is -2.48. The van der Waals surface area contributed by atoms with Gasteiger partial charge in [0.05, 0.1) is 0 Å². The van der Waals surface area contributed by atoms with Crippen molar-refractivity contribution in [2.45, 2.75) is 19.4 Å². The van der Waals surface area contributed by atoms with Gasteiger partial charge in [0.15, 0.2) is 0 Å². The largest absolute Gasteiger partial charge is 0.369 e. The summed E-state index contributed by atoms with van der Waals surface area (Å²) in [6, 6.07) is 11.5. The molecule has 2 heterocycles. The Morgan fingerprint density at radius 2 is 1.84 bits per heavy atom. The number of hydrogen-bond acceptors (Lipinski definition) is 3. The van der Waals surface area contributed by atoms with Gasteiger partial charge in [0.1, 0.15) is 0 Å². The van der Waals surface area contributed by atoms with Gasteiger partial charge in [0, 0.05) is 44.5 Å². The number of benzene rings is 1. The number of para-hydroxylation sites is 1. The monoisotopic (exact) mass is 259 g/mol. The minimum atomic E-state index is 0.701. The summed E-state index contributed by atoms with van der Waals surface area (Å²) in [6.07, 6.45) is 1.35. The third-order valence-electron chi connectivity index (χ3n) is 4.67. The fraction of sp³-hybridized carbons (Fsp3) is 0.625. The second kappa shape index (κ2) is 5.93. The zero-order chi connectivity index (χ0) is 13.1. The van der Waals surface area contributed by atoms with Gasteiger partial charge < -0.3 is 10.2 Å². The highest BCUT2D eigenvalue weighted by molar-refractivity contribution is 5.46. The highest BCUT2D eigenvalue weighted by Gasteiger charge is 2.26. The van der Waals surface area contributed by atoms with Crippen LogP contribution in [-0.4, -0.2) is 50.2 Å². The summed E-state index contributed by atoms with van der Waals surface area (Å²) >= 11 is 0. The van der Waals surface area contributed by atoms with E-state index in [0.29, 0.717) is 6.04 Å². The molecule has 0 spiro atoms. The maximum atomic E-state index is 3.56. The lowest BCUT2D eigenvalue weighted by Gasteiger charge is -2.37. The van der Waals surface area contributed by atoms with Crippen LogP contribution in [0.5, 0.6) is 0 Å². The molecule has 1 aromatic carbocycles. The van der Waals surface area contributed by atoms with Crippen LogP contribution in [0.4, 0.5) is 5.69 Å². The fourth-order valence-corrected chi connectivity index (χ4v) is 3.32. The number of rotatable bonds is 3. The van der Waals surface area contributed by atoms with E-state index in [-0.39, 0.29) is 0 Å². The third-order valence-corrected chi connectivity index (χ3v) is 4.67. The second-order valence-electron chi connectivity index (χ2n) is 5.91. The predicted molar refractivity (Wildman–Crippen MR) is 80.7 cm³/mol. The van der Waals surface area contributed by atoms with Crippen LogP contribution in [0.1, 0.15) is 13.3 Å². The second-order valence-corrected chi connectivity index (χ2v) is 5.91. The Morgan fingerprint density at radius 3 is 2.47 bits per heavy atom. The molecule has 2 aliphatic heterocycles. The fourth-order valence-electron chi connectivity index (χ4n) is 3.32. The maximum absolute atomic E-state index is 3.56. The number of nitrogens with zero attached hydrogens (tertiary/aromatic N) is 2. The summed E-state index contributed by atoms with van der Waals surface area (Å²) in [5, 5.41) is 3.56. The Hall–Kier alpha value is -1.06. The van der Waals surface area contributed by atoms with Crippen LogP contribution >= 0.6 is 0 Å². The van der Waals surface area contributed by atoms with Crippen LogP contribution in [0.3, 0.4) is 0 Å². The molecule has 19 heavy (non-hydrogen) atoms. The maximum Gasteiger partial charge on any atom is 0.0367 e. The first-order chi connectivity index (χ1) is 9.33. The van der Waals surface area contributed by atoms with E-state index in [0.717, 1.165) is 5.92 Å². The lowest BCUT2D eigenvalue weighted by atomic mass is 10.0. The van der Waals surface area contributed by atoms with Crippen LogP contribution in [-0.2, 0) is 0 Å². The van der Waals surface area contributed by atoms with Gasteiger partial charge in [-0.25, -0.2) is 0 Å². The average molecular weight is 259 g/mol. The zero-order valence-corrected chi connectivity index (χ0v) is 11.9. The first kappa shape index (κ1) is 12.9. The molecule has 104 valence electrons. The molecule has 0 radical (unpaired) electrons. The van der Waals surface area contributed by atoms with Crippen molar-refractivity contribution in [1.82, 2.24) is 10.2 Å².